The second-order valence-electron chi connectivity index (χ2n) is 6.10. The normalized spacial score (nSPS) is 13.8. The quantitative estimate of drug-likeness (QED) is 0.783. The fourth-order valence-corrected chi connectivity index (χ4v) is 2.07. The molecule has 0 aromatic carbocycles. The Morgan fingerprint density at radius 3 is 2.78 bits per heavy atom. The minimum atomic E-state index is -0.285. The summed E-state index contributed by atoms with van der Waals surface area (Å²) in [7, 11) is 0. The standard InChI is InChI=1S/C14H27N3O/c1-5-8-17-12(6-7-16-17)10-15-11-13(18)9-14(2,3)4/h6-7,13,15,18H,5,8-11H2,1-4H3. The van der Waals surface area contributed by atoms with E-state index in [1.165, 1.54) is 5.69 Å². The highest BCUT2D eigenvalue weighted by atomic mass is 16.3. The van der Waals surface area contributed by atoms with Gasteiger partial charge in [0.05, 0.1) is 11.8 Å². The zero-order valence-corrected chi connectivity index (χ0v) is 12.1. The number of nitrogens with zero attached hydrogens (tertiary/aromatic N) is 2. The molecule has 0 aliphatic rings. The van der Waals surface area contributed by atoms with E-state index in [9.17, 15) is 5.11 Å². The lowest BCUT2D eigenvalue weighted by molar-refractivity contribution is 0.119. The van der Waals surface area contributed by atoms with Gasteiger partial charge in [0.1, 0.15) is 0 Å². The molecule has 1 unspecified atom stereocenters. The fourth-order valence-electron chi connectivity index (χ4n) is 2.07. The molecule has 0 fully saturated rings. The molecule has 0 radical (unpaired) electrons. The van der Waals surface area contributed by atoms with Gasteiger partial charge in [-0.2, -0.15) is 5.10 Å². The first-order valence-electron chi connectivity index (χ1n) is 6.82. The minimum absolute atomic E-state index is 0.172. The Morgan fingerprint density at radius 1 is 1.44 bits per heavy atom. The highest BCUT2D eigenvalue weighted by Crippen LogP contribution is 2.20. The van der Waals surface area contributed by atoms with Crippen LogP contribution in [0.4, 0.5) is 0 Å². The van der Waals surface area contributed by atoms with E-state index in [0.717, 1.165) is 25.9 Å². The van der Waals surface area contributed by atoms with Crippen molar-refractivity contribution in [3.8, 4) is 0 Å². The van der Waals surface area contributed by atoms with Crippen LogP contribution in [0, 0.1) is 5.41 Å². The molecule has 2 N–H and O–H groups in total. The summed E-state index contributed by atoms with van der Waals surface area (Å²) < 4.78 is 2.02. The van der Waals surface area contributed by atoms with Gasteiger partial charge in [-0.15, -0.1) is 0 Å². The molecule has 1 rings (SSSR count). The van der Waals surface area contributed by atoms with Crippen molar-refractivity contribution < 1.29 is 5.11 Å². The van der Waals surface area contributed by atoms with Gasteiger partial charge in [0.2, 0.25) is 0 Å². The van der Waals surface area contributed by atoms with Crippen LogP contribution in [0.3, 0.4) is 0 Å². The summed E-state index contributed by atoms with van der Waals surface area (Å²) in [6.45, 7) is 10.9. The number of hydrogen-bond donors (Lipinski definition) is 2. The lowest BCUT2D eigenvalue weighted by atomic mass is 9.89. The Labute approximate surface area is 110 Å². The second kappa shape index (κ2) is 6.90. The Hall–Kier alpha value is -0.870. The zero-order valence-electron chi connectivity index (χ0n) is 12.1. The number of nitrogens with one attached hydrogen (secondary N) is 1. The van der Waals surface area contributed by atoms with Gasteiger partial charge in [-0.3, -0.25) is 4.68 Å². The van der Waals surface area contributed by atoms with Gasteiger partial charge < -0.3 is 10.4 Å². The molecule has 4 nitrogen and oxygen atoms in total. The third kappa shape index (κ3) is 5.65. The molecule has 1 aromatic heterocycles. The number of aliphatic hydroxyl groups is 1. The summed E-state index contributed by atoms with van der Waals surface area (Å²) >= 11 is 0. The molecule has 0 saturated carbocycles. The van der Waals surface area contributed by atoms with Gasteiger partial charge >= 0.3 is 0 Å². The Bertz CT molecular complexity index is 341. The van der Waals surface area contributed by atoms with Gasteiger partial charge in [0.15, 0.2) is 0 Å². The van der Waals surface area contributed by atoms with Gasteiger partial charge in [-0.1, -0.05) is 27.7 Å². The Balaban J connectivity index is 2.30. The first-order chi connectivity index (χ1) is 8.42. The van der Waals surface area contributed by atoms with Crippen molar-refractivity contribution in [3.63, 3.8) is 0 Å². The lowest BCUT2D eigenvalue weighted by Gasteiger charge is -2.22. The first kappa shape index (κ1) is 15.2. The molecular weight excluding hydrogens is 226 g/mol. The maximum Gasteiger partial charge on any atom is 0.0669 e. The van der Waals surface area contributed by atoms with E-state index in [0.29, 0.717) is 6.54 Å². The molecule has 1 aromatic rings. The first-order valence-corrected chi connectivity index (χ1v) is 6.82. The summed E-state index contributed by atoms with van der Waals surface area (Å²) in [5.74, 6) is 0. The molecule has 1 atom stereocenters. The summed E-state index contributed by atoms with van der Waals surface area (Å²) in [5, 5.41) is 17.5. The van der Waals surface area contributed by atoms with Gasteiger partial charge in [-0.05, 0) is 24.3 Å². The van der Waals surface area contributed by atoms with Crippen molar-refractivity contribution in [1.82, 2.24) is 15.1 Å². The van der Waals surface area contributed by atoms with Crippen LogP contribution in [-0.4, -0.2) is 27.5 Å². The van der Waals surface area contributed by atoms with Crippen molar-refractivity contribution >= 4 is 0 Å². The highest BCUT2D eigenvalue weighted by molar-refractivity contribution is 5.00. The van der Waals surface area contributed by atoms with Crippen molar-refractivity contribution in [2.24, 2.45) is 5.41 Å². The van der Waals surface area contributed by atoms with Crippen molar-refractivity contribution in [2.75, 3.05) is 6.54 Å². The number of aliphatic hydroxyl groups excluding tert-OH is 1. The van der Waals surface area contributed by atoms with Crippen LogP contribution in [0.25, 0.3) is 0 Å². The molecule has 1 heterocycles. The summed E-state index contributed by atoms with van der Waals surface area (Å²) in [4.78, 5) is 0. The second-order valence-corrected chi connectivity index (χ2v) is 6.10. The molecule has 0 spiro atoms. The average molecular weight is 253 g/mol. The van der Waals surface area contributed by atoms with Crippen LogP contribution in [0.15, 0.2) is 12.3 Å². The van der Waals surface area contributed by atoms with Crippen molar-refractivity contribution in [2.45, 2.75) is 59.7 Å². The van der Waals surface area contributed by atoms with E-state index < -0.39 is 0 Å². The third-order valence-electron chi connectivity index (χ3n) is 2.77. The number of hydrogen-bond acceptors (Lipinski definition) is 3. The van der Waals surface area contributed by atoms with Crippen LogP contribution in [-0.2, 0) is 13.1 Å². The maximum absolute atomic E-state index is 9.90. The van der Waals surface area contributed by atoms with E-state index in [4.69, 9.17) is 0 Å². The summed E-state index contributed by atoms with van der Waals surface area (Å²) in [6, 6.07) is 2.03. The topological polar surface area (TPSA) is 50.1 Å². The van der Waals surface area contributed by atoms with Gasteiger partial charge in [0, 0.05) is 25.8 Å². The van der Waals surface area contributed by atoms with E-state index in [-0.39, 0.29) is 11.5 Å². The fraction of sp³-hybridized carbons (Fsp3) is 0.786. The number of rotatable bonds is 7. The van der Waals surface area contributed by atoms with Crippen LogP contribution < -0.4 is 5.32 Å². The summed E-state index contributed by atoms with van der Waals surface area (Å²) in [5.41, 5.74) is 1.35. The molecule has 18 heavy (non-hydrogen) atoms. The van der Waals surface area contributed by atoms with Crippen LogP contribution >= 0.6 is 0 Å². The molecule has 0 amide bonds. The molecule has 0 aliphatic heterocycles. The average Bonchev–Trinajstić information content (AvgIpc) is 2.64. The molecular formula is C14H27N3O. The monoisotopic (exact) mass is 253 g/mol. The van der Waals surface area contributed by atoms with Crippen LogP contribution in [0.1, 0.15) is 46.2 Å². The van der Waals surface area contributed by atoms with Crippen molar-refractivity contribution in [3.05, 3.63) is 18.0 Å². The van der Waals surface area contributed by atoms with E-state index in [1.54, 1.807) is 0 Å². The largest absolute Gasteiger partial charge is 0.392 e. The van der Waals surface area contributed by atoms with Gasteiger partial charge in [-0.25, -0.2) is 0 Å². The van der Waals surface area contributed by atoms with E-state index >= 15 is 0 Å². The summed E-state index contributed by atoms with van der Waals surface area (Å²) in [6.07, 6.45) is 3.45. The molecule has 4 heteroatoms. The third-order valence-corrected chi connectivity index (χ3v) is 2.77. The highest BCUT2D eigenvalue weighted by Gasteiger charge is 2.16. The van der Waals surface area contributed by atoms with Crippen LogP contribution in [0.2, 0.25) is 0 Å². The number of aryl methyl sites for hydroxylation is 1. The van der Waals surface area contributed by atoms with Gasteiger partial charge in [0.25, 0.3) is 0 Å². The number of aromatic nitrogens is 2. The molecule has 104 valence electrons. The smallest absolute Gasteiger partial charge is 0.0669 e. The molecule has 0 bridgehead atoms. The van der Waals surface area contributed by atoms with E-state index in [1.807, 2.05) is 16.9 Å². The van der Waals surface area contributed by atoms with E-state index in [2.05, 4.69) is 38.1 Å². The maximum atomic E-state index is 9.90. The predicted octanol–water partition coefficient (Wildman–Crippen LogP) is 2.18. The van der Waals surface area contributed by atoms with Crippen LogP contribution in [0.5, 0.6) is 0 Å². The minimum Gasteiger partial charge on any atom is -0.392 e. The lowest BCUT2D eigenvalue weighted by Crippen LogP contribution is -2.30. The predicted molar refractivity (Wildman–Crippen MR) is 74.3 cm³/mol. The molecule has 0 aliphatic carbocycles. The molecule has 0 saturated heterocycles. The SMILES string of the molecule is CCCn1nccc1CNCC(O)CC(C)(C)C. The zero-order chi connectivity index (χ0) is 13.6. The van der Waals surface area contributed by atoms with Crippen molar-refractivity contribution in [1.29, 1.82) is 0 Å². The Morgan fingerprint density at radius 2 is 2.17 bits per heavy atom. The Kier molecular flexibility index (Phi) is 5.82.